The van der Waals surface area contributed by atoms with E-state index in [2.05, 4.69) is 0 Å². The molecule has 1 atom stereocenters. The molecule has 0 bridgehead atoms. The van der Waals surface area contributed by atoms with Crippen molar-refractivity contribution in [3.8, 4) is 11.5 Å². The topological polar surface area (TPSA) is 72.6 Å². The average molecular weight is 312 g/mol. The van der Waals surface area contributed by atoms with E-state index in [1.54, 1.807) is 0 Å². The van der Waals surface area contributed by atoms with E-state index >= 15 is 0 Å². The van der Waals surface area contributed by atoms with E-state index in [1.165, 1.54) is 37.3 Å². The van der Waals surface area contributed by atoms with Gasteiger partial charge in [-0.3, -0.25) is 10.1 Å². The summed E-state index contributed by atoms with van der Waals surface area (Å²) in [5.74, 6) is -0.574. The maximum absolute atomic E-state index is 13.7. The molecule has 1 unspecified atom stereocenters. The zero-order valence-corrected chi connectivity index (χ0v) is 11.7. The molecule has 21 heavy (non-hydrogen) atoms. The molecule has 2 aromatic rings. The van der Waals surface area contributed by atoms with Gasteiger partial charge in [-0.05, 0) is 25.1 Å². The molecule has 0 amide bonds. The Labute approximate surface area is 124 Å². The smallest absolute Gasteiger partial charge is 0.273 e. The van der Waals surface area contributed by atoms with Gasteiger partial charge in [0.15, 0.2) is 5.75 Å². The van der Waals surface area contributed by atoms with Gasteiger partial charge >= 0.3 is 0 Å². The number of nitro benzene ring substituents is 1. The summed E-state index contributed by atoms with van der Waals surface area (Å²) in [6, 6.07) is 7.72. The molecule has 0 radical (unpaired) electrons. The summed E-state index contributed by atoms with van der Waals surface area (Å²) in [6.07, 6.45) is -1.10. The first-order chi connectivity index (χ1) is 9.90. The highest BCUT2D eigenvalue weighted by molar-refractivity contribution is 6.32. The van der Waals surface area contributed by atoms with Crippen molar-refractivity contribution >= 4 is 17.3 Å². The second-order valence-electron chi connectivity index (χ2n) is 4.30. The highest BCUT2D eigenvalue weighted by Gasteiger charge is 2.17. The van der Waals surface area contributed by atoms with E-state index in [-0.39, 0.29) is 27.8 Å². The summed E-state index contributed by atoms with van der Waals surface area (Å²) in [5, 5.41) is 20.5. The predicted octanol–water partition coefficient (Wildman–Crippen LogP) is 4.23. The van der Waals surface area contributed by atoms with Gasteiger partial charge in [0.1, 0.15) is 11.6 Å². The molecule has 0 saturated carbocycles. The fourth-order valence-electron chi connectivity index (χ4n) is 1.81. The van der Waals surface area contributed by atoms with Crippen molar-refractivity contribution < 1.29 is 19.2 Å². The number of hydrogen-bond acceptors (Lipinski definition) is 4. The molecule has 2 aromatic carbocycles. The molecule has 110 valence electrons. The molecule has 0 heterocycles. The Bertz CT molecular complexity index is 691. The fraction of sp³-hybridized carbons (Fsp3) is 0.143. The van der Waals surface area contributed by atoms with Gasteiger partial charge in [0.05, 0.1) is 27.7 Å². The minimum Gasteiger partial charge on any atom is -0.455 e. The van der Waals surface area contributed by atoms with Crippen molar-refractivity contribution in [2.75, 3.05) is 0 Å². The first-order valence-electron chi connectivity index (χ1n) is 5.98. The van der Waals surface area contributed by atoms with Crippen molar-refractivity contribution in [1.82, 2.24) is 0 Å². The minimum atomic E-state index is -1.10. The molecule has 0 spiro atoms. The standard InChI is InChI=1S/C14H11ClFNO4/c1-8(18)14-11(16)3-2-4-12(14)21-13-7-9(17(19)20)5-6-10(13)15/h2-8,18H,1H3. The van der Waals surface area contributed by atoms with Gasteiger partial charge in [-0.2, -0.15) is 0 Å². The van der Waals surface area contributed by atoms with Gasteiger partial charge in [0, 0.05) is 6.07 Å². The number of rotatable bonds is 4. The number of non-ortho nitro benzene ring substituents is 1. The number of ether oxygens (including phenoxy) is 1. The Morgan fingerprint density at radius 3 is 2.67 bits per heavy atom. The van der Waals surface area contributed by atoms with Gasteiger partial charge in [0.25, 0.3) is 5.69 Å². The van der Waals surface area contributed by atoms with Crippen molar-refractivity contribution in [2.45, 2.75) is 13.0 Å². The number of hydrogen-bond donors (Lipinski definition) is 1. The number of nitrogens with zero attached hydrogens (tertiary/aromatic N) is 1. The summed E-state index contributed by atoms with van der Waals surface area (Å²) in [5.41, 5.74) is -0.246. The van der Waals surface area contributed by atoms with Gasteiger partial charge in [-0.1, -0.05) is 17.7 Å². The third kappa shape index (κ3) is 3.29. The van der Waals surface area contributed by atoms with Gasteiger partial charge in [0.2, 0.25) is 0 Å². The number of aliphatic hydroxyl groups excluding tert-OH is 1. The SMILES string of the molecule is CC(O)c1c(F)cccc1Oc1cc([N+](=O)[O-])ccc1Cl. The Morgan fingerprint density at radius 2 is 2.05 bits per heavy atom. The van der Waals surface area contributed by atoms with Crippen LogP contribution in [0, 0.1) is 15.9 Å². The van der Waals surface area contributed by atoms with Crippen molar-refractivity contribution in [1.29, 1.82) is 0 Å². The predicted molar refractivity (Wildman–Crippen MR) is 75.2 cm³/mol. The van der Waals surface area contributed by atoms with Crippen LogP contribution in [0.15, 0.2) is 36.4 Å². The maximum Gasteiger partial charge on any atom is 0.273 e. The molecular weight excluding hydrogens is 301 g/mol. The molecule has 2 rings (SSSR count). The van der Waals surface area contributed by atoms with Crippen molar-refractivity contribution in [2.24, 2.45) is 0 Å². The fourth-order valence-corrected chi connectivity index (χ4v) is 1.97. The molecule has 7 heteroatoms. The molecule has 0 aliphatic rings. The second kappa shape index (κ2) is 6.07. The van der Waals surface area contributed by atoms with Crippen LogP contribution in [0.2, 0.25) is 5.02 Å². The van der Waals surface area contributed by atoms with Gasteiger partial charge in [-0.15, -0.1) is 0 Å². The Balaban J connectivity index is 2.45. The van der Waals surface area contributed by atoms with Crippen LogP contribution < -0.4 is 4.74 Å². The quantitative estimate of drug-likeness (QED) is 0.677. The minimum absolute atomic E-state index is 0.0124. The monoisotopic (exact) mass is 311 g/mol. The second-order valence-corrected chi connectivity index (χ2v) is 4.71. The van der Waals surface area contributed by atoms with Crippen LogP contribution in [0.4, 0.5) is 10.1 Å². The van der Waals surface area contributed by atoms with E-state index in [0.717, 1.165) is 6.07 Å². The van der Waals surface area contributed by atoms with E-state index < -0.39 is 16.8 Å². The first kappa shape index (κ1) is 15.2. The lowest BCUT2D eigenvalue weighted by molar-refractivity contribution is -0.384. The molecule has 0 aromatic heterocycles. The average Bonchev–Trinajstić information content (AvgIpc) is 2.40. The molecule has 0 fully saturated rings. The Morgan fingerprint density at radius 1 is 1.33 bits per heavy atom. The summed E-state index contributed by atoms with van der Waals surface area (Å²) in [6.45, 7) is 1.39. The normalized spacial score (nSPS) is 12.0. The third-order valence-corrected chi connectivity index (χ3v) is 3.09. The van der Waals surface area contributed by atoms with E-state index in [1.807, 2.05) is 0 Å². The number of halogens is 2. The van der Waals surface area contributed by atoms with Crippen LogP contribution in [0.3, 0.4) is 0 Å². The molecule has 0 saturated heterocycles. The van der Waals surface area contributed by atoms with Crippen molar-refractivity contribution in [3.63, 3.8) is 0 Å². The summed E-state index contributed by atoms with van der Waals surface area (Å²) >= 11 is 5.92. The molecule has 0 aliphatic heterocycles. The number of nitro groups is 1. The van der Waals surface area contributed by atoms with Crippen LogP contribution in [0.5, 0.6) is 11.5 Å². The van der Waals surface area contributed by atoms with E-state index in [4.69, 9.17) is 16.3 Å². The van der Waals surface area contributed by atoms with Gasteiger partial charge in [-0.25, -0.2) is 4.39 Å². The lowest BCUT2D eigenvalue weighted by atomic mass is 10.1. The zero-order chi connectivity index (χ0) is 15.6. The van der Waals surface area contributed by atoms with Crippen LogP contribution in [0.25, 0.3) is 0 Å². The first-order valence-corrected chi connectivity index (χ1v) is 6.36. The lowest BCUT2D eigenvalue weighted by Crippen LogP contribution is -2.00. The van der Waals surface area contributed by atoms with Crippen molar-refractivity contribution in [3.05, 3.63) is 62.9 Å². The zero-order valence-electron chi connectivity index (χ0n) is 10.9. The molecular formula is C14H11ClFNO4. The molecule has 1 N–H and O–H groups in total. The van der Waals surface area contributed by atoms with Crippen LogP contribution in [0.1, 0.15) is 18.6 Å². The lowest BCUT2D eigenvalue weighted by Gasteiger charge is -2.14. The third-order valence-electron chi connectivity index (χ3n) is 2.78. The maximum atomic E-state index is 13.7. The Hall–Kier alpha value is -2.18. The number of aliphatic hydroxyl groups is 1. The van der Waals surface area contributed by atoms with Crippen LogP contribution >= 0.6 is 11.6 Å². The van der Waals surface area contributed by atoms with Gasteiger partial charge < -0.3 is 9.84 Å². The van der Waals surface area contributed by atoms with Crippen LogP contribution in [-0.2, 0) is 0 Å². The van der Waals surface area contributed by atoms with Crippen LogP contribution in [-0.4, -0.2) is 10.0 Å². The highest BCUT2D eigenvalue weighted by Crippen LogP contribution is 2.36. The summed E-state index contributed by atoms with van der Waals surface area (Å²) < 4.78 is 19.2. The highest BCUT2D eigenvalue weighted by atomic mass is 35.5. The summed E-state index contributed by atoms with van der Waals surface area (Å²) in [4.78, 5) is 10.2. The summed E-state index contributed by atoms with van der Waals surface area (Å²) in [7, 11) is 0. The Kier molecular flexibility index (Phi) is 4.40. The molecule has 0 aliphatic carbocycles. The van der Waals surface area contributed by atoms with E-state index in [0.29, 0.717) is 0 Å². The number of benzene rings is 2. The largest absolute Gasteiger partial charge is 0.455 e. The van der Waals surface area contributed by atoms with E-state index in [9.17, 15) is 19.6 Å². The molecule has 5 nitrogen and oxygen atoms in total.